The lowest BCUT2D eigenvalue weighted by Crippen LogP contribution is -2.49. The number of likely N-dealkylation sites (N-methyl/N-ethyl adjacent to an activating group) is 1. The van der Waals surface area contributed by atoms with E-state index in [1.54, 1.807) is 0 Å². The third kappa shape index (κ3) is 3.83. The zero-order valence-corrected chi connectivity index (χ0v) is 15.5. The second-order valence-electron chi connectivity index (χ2n) is 7.76. The zero-order chi connectivity index (χ0) is 18.0. The minimum atomic E-state index is -0.0509. The topological polar surface area (TPSA) is 65.1 Å². The third-order valence-corrected chi connectivity index (χ3v) is 4.84. The molecule has 1 saturated heterocycles. The first-order valence-electron chi connectivity index (χ1n) is 8.85. The molecule has 134 valence electrons. The molecule has 1 fully saturated rings. The lowest BCUT2D eigenvalue weighted by Gasteiger charge is -2.38. The monoisotopic (exact) mass is 341 g/mol. The van der Waals surface area contributed by atoms with E-state index in [0.29, 0.717) is 5.69 Å². The Balaban J connectivity index is 1.70. The van der Waals surface area contributed by atoms with Gasteiger partial charge in [-0.25, -0.2) is 4.98 Å². The van der Waals surface area contributed by atoms with Gasteiger partial charge < -0.3 is 9.80 Å². The molecule has 2 aromatic heterocycles. The normalized spacial score (nSPS) is 18.2. The maximum Gasteiger partial charge on any atom is 0.274 e. The molecule has 6 nitrogen and oxygen atoms in total. The average Bonchev–Trinajstić information content (AvgIpc) is 3.12. The highest BCUT2D eigenvalue weighted by Gasteiger charge is 2.29. The van der Waals surface area contributed by atoms with E-state index in [1.165, 1.54) is 0 Å². The number of aromatic nitrogens is 3. The van der Waals surface area contributed by atoms with Crippen LogP contribution in [0.2, 0.25) is 0 Å². The summed E-state index contributed by atoms with van der Waals surface area (Å²) in [4.78, 5) is 21.4. The molecule has 1 aliphatic rings. The molecule has 3 heterocycles. The van der Waals surface area contributed by atoms with Crippen molar-refractivity contribution in [2.45, 2.75) is 45.1 Å². The number of rotatable bonds is 3. The molecule has 0 spiro atoms. The van der Waals surface area contributed by atoms with Crippen LogP contribution < -0.4 is 4.90 Å². The van der Waals surface area contributed by atoms with Crippen LogP contribution in [0.25, 0.3) is 0 Å². The van der Waals surface area contributed by atoms with Crippen molar-refractivity contribution in [3.05, 3.63) is 41.9 Å². The summed E-state index contributed by atoms with van der Waals surface area (Å²) in [5.74, 6) is 0.947. The first kappa shape index (κ1) is 17.5. The van der Waals surface area contributed by atoms with Crippen LogP contribution in [0.15, 0.2) is 30.5 Å². The number of carbonyl (C=O) groups excluding carboxylic acids is 1. The molecule has 0 aliphatic carbocycles. The van der Waals surface area contributed by atoms with E-state index >= 15 is 0 Å². The van der Waals surface area contributed by atoms with E-state index in [-0.39, 0.29) is 17.4 Å². The first-order valence-corrected chi connectivity index (χ1v) is 8.85. The number of carbonyl (C=O) groups is 1. The number of nitrogens with zero attached hydrogens (tertiary/aromatic N) is 4. The highest BCUT2D eigenvalue weighted by Crippen LogP contribution is 2.23. The SMILES string of the molecule is CN(C(=O)c1cc(C(C)(C)C)[nH]n1)[C@@H]1CCCN(c2ccccn2)C1. The summed E-state index contributed by atoms with van der Waals surface area (Å²) in [6.45, 7) is 8.08. The van der Waals surface area contributed by atoms with E-state index in [2.05, 4.69) is 40.9 Å². The van der Waals surface area contributed by atoms with E-state index in [0.717, 1.165) is 37.4 Å². The number of H-pyrrole nitrogens is 1. The van der Waals surface area contributed by atoms with Crippen molar-refractivity contribution in [2.24, 2.45) is 0 Å². The van der Waals surface area contributed by atoms with Crippen molar-refractivity contribution in [2.75, 3.05) is 25.0 Å². The van der Waals surface area contributed by atoms with Crippen molar-refractivity contribution < 1.29 is 4.79 Å². The van der Waals surface area contributed by atoms with Gasteiger partial charge in [0.25, 0.3) is 5.91 Å². The second-order valence-corrected chi connectivity index (χ2v) is 7.76. The minimum absolute atomic E-state index is 0.0281. The Morgan fingerprint density at radius 3 is 2.80 bits per heavy atom. The fourth-order valence-electron chi connectivity index (χ4n) is 3.18. The van der Waals surface area contributed by atoms with Gasteiger partial charge >= 0.3 is 0 Å². The molecule has 0 radical (unpaired) electrons. The fraction of sp³-hybridized carbons (Fsp3) is 0.526. The van der Waals surface area contributed by atoms with Crippen molar-refractivity contribution in [3.63, 3.8) is 0 Å². The van der Waals surface area contributed by atoms with Crippen LogP contribution in [0.5, 0.6) is 0 Å². The van der Waals surface area contributed by atoms with Gasteiger partial charge in [0.2, 0.25) is 0 Å². The first-order chi connectivity index (χ1) is 11.9. The maximum absolute atomic E-state index is 12.8. The fourth-order valence-corrected chi connectivity index (χ4v) is 3.18. The Labute approximate surface area is 149 Å². The molecule has 2 aromatic rings. The van der Waals surface area contributed by atoms with Crippen LogP contribution in [-0.4, -0.2) is 52.2 Å². The Bertz CT molecular complexity index is 719. The summed E-state index contributed by atoms with van der Waals surface area (Å²) in [7, 11) is 1.88. The molecule has 3 rings (SSSR count). The molecular weight excluding hydrogens is 314 g/mol. The van der Waals surface area contributed by atoms with E-state index in [9.17, 15) is 4.79 Å². The standard InChI is InChI=1S/C19H27N5O/c1-19(2,3)16-12-15(21-22-16)18(25)23(4)14-8-7-11-24(13-14)17-9-5-6-10-20-17/h5-6,9-10,12,14H,7-8,11,13H2,1-4H3,(H,21,22)/t14-/m1/s1. The number of amides is 1. The quantitative estimate of drug-likeness (QED) is 0.932. The van der Waals surface area contributed by atoms with Crippen molar-refractivity contribution in [3.8, 4) is 0 Å². The zero-order valence-electron chi connectivity index (χ0n) is 15.5. The summed E-state index contributed by atoms with van der Waals surface area (Å²) in [6, 6.07) is 7.98. The molecule has 1 atom stereocenters. The Kier molecular flexibility index (Phi) is 4.79. The van der Waals surface area contributed by atoms with Crippen LogP contribution in [-0.2, 0) is 5.41 Å². The maximum atomic E-state index is 12.8. The lowest BCUT2D eigenvalue weighted by atomic mass is 9.92. The predicted molar refractivity (Wildman–Crippen MR) is 98.9 cm³/mol. The number of hydrogen-bond donors (Lipinski definition) is 1. The summed E-state index contributed by atoms with van der Waals surface area (Å²) in [5.41, 5.74) is 1.41. The number of piperidine rings is 1. The van der Waals surface area contributed by atoms with Crippen molar-refractivity contribution in [1.29, 1.82) is 0 Å². The summed E-state index contributed by atoms with van der Waals surface area (Å²) in [5, 5.41) is 7.23. The minimum Gasteiger partial charge on any atom is -0.355 e. The van der Waals surface area contributed by atoms with Gasteiger partial charge in [0, 0.05) is 43.5 Å². The summed E-state index contributed by atoms with van der Waals surface area (Å²) < 4.78 is 0. The van der Waals surface area contributed by atoms with Crippen LogP contribution in [0.4, 0.5) is 5.82 Å². The number of anilines is 1. The number of aromatic amines is 1. The highest BCUT2D eigenvalue weighted by atomic mass is 16.2. The largest absolute Gasteiger partial charge is 0.355 e. The number of hydrogen-bond acceptors (Lipinski definition) is 4. The van der Waals surface area contributed by atoms with Gasteiger partial charge in [-0.2, -0.15) is 5.10 Å². The Morgan fingerprint density at radius 2 is 2.16 bits per heavy atom. The smallest absolute Gasteiger partial charge is 0.274 e. The number of pyridine rings is 1. The van der Waals surface area contributed by atoms with Crippen molar-refractivity contribution in [1.82, 2.24) is 20.1 Å². The van der Waals surface area contributed by atoms with Crippen LogP contribution >= 0.6 is 0 Å². The molecule has 0 bridgehead atoms. The average molecular weight is 341 g/mol. The van der Waals surface area contributed by atoms with Crippen LogP contribution in [0, 0.1) is 0 Å². The van der Waals surface area contributed by atoms with Gasteiger partial charge in [-0.15, -0.1) is 0 Å². The van der Waals surface area contributed by atoms with E-state index in [1.807, 2.05) is 42.4 Å². The predicted octanol–water partition coefficient (Wildman–Crippen LogP) is 2.84. The molecular formula is C19H27N5O. The van der Waals surface area contributed by atoms with Gasteiger partial charge in [-0.3, -0.25) is 9.89 Å². The molecule has 6 heteroatoms. The van der Waals surface area contributed by atoms with Gasteiger partial charge in [-0.1, -0.05) is 26.8 Å². The molecule has 25 heavy (non-hydrogen) atoms. The molecule has 1 N–H and O–H groups in total. The van der Waals surface area contributed by atoms with E-state index < -0.39 is 0 Å². The Morgan fingerprint density at radius 1 is 1.36 bits per heavy atom. The summed E-state index contributed by atoms with van der Waals surface area (Å²) in [6.07, 6.45) is 3.86. The second kappa shape index (κ2) is 6.86. The lowest BCUT2D eigenvalue weighted by molar-refractivity contribution is 0.0711. The molecule has 0 aromatic carbocycles. The van der Waals surface area contributed by atoms with Crippen molar-refractivity contribution >= 4 is 11.7 Å². The van der Waals surface area contributed by atoms with Gasteiger partial charge in [0.1, 0.15) is 11.5 Å². The van der Waals surface area contributed by atoms with Gasteiger partial charge in [0.15, 0.2) is 0 Å². The number of nitrogens with one attached hydrogen (secondary N) is 1. The molecule has 0 unspecified atom stereocenters. The third-order valence-electron chi connectivity index (χ3n) is 4.84. The van der Waals surface area contributed by atoms with Gasteiger partial charge in [-0.05, 0) is 31.0 Å². The van der Waals surface area contributed by atoms with Gasteiger partial charge in [0.05, 0.1) is 0 Å². The highest BCUT2D eigenvalue weighted by molar-refractivity contribution is 5.92. The van der Waals surface area contributed by atoms with E-state index in [4.69, 9.17) is 0 Å². The molecule has 1 amide bonds. The Hall–Kier alpha value is -2.37. The van der Waals surface area contributed by atoms with Crippen LogP contribution in [0.1, 0.15) is 49.8 Å². The molecule has 1 aliphatic heterocycles. The molecule has 0 saturated carbocycles. The summed E-state index contributed by atoms with van der Waals surface area (Å²) >= 11 is 0. The van der Waals surface area contributed by atoms with Crippen LogP contribution in [0.3, 0.4) is 0 Å².